The SMILES string of the molecule is C.C.CNC(C)=C(C)C. The summed E-state index contributed by atoms with van der Waals surface area (Å²) in [6, 6.07) is 0. The lowest BCUT2D eigenvalue weighted by Crippen LogP contribution is -2.02. The van der Waals surface area contributed by atoms with Crippen LogP contribution in [0.4, 0.5) is 0 Å². The number of nitrogens with one attached hydrogen (secondary N) is 1. The molecular weight excluding hydrogens is 110 g/mol. The Kier molecular flexibility index (Phi) is 13.3. The number of allylic oxidation sites excluding steroid dienone is 2. The molecule has 0 aromatic carbocycles. The highest BCUT2D eigenvalue weighted by molar-refractivity contribution is 5.03. The van der Waals surface area contributed by atoms with Gasteiger partial charge in [0, 0.05) is 12.7 Å². The Morgan fingerprint density at radius 3 is 1.33 bits per heavy atom. The van der Waals surface area contributed by atoms with Gasteiger partial charge in [0.2, 0.25) is 0 Å². The van der Waals surface area contributed by atoms with Crippen molar-refractivity contribution in [3.8, 4) is 0 Å². The quantitative estimate of drug-likeness (QED) is 0.577. The first-order valence-electron chi connectivity index (χ1n) is 2.50. The van der Waals surface area contributed by atoms with E-state index >= 15 is 0 Å². The molecule has 0 spiro atoms. The monoisotopic (exact) mass is 131 g/mol. The summed E-state index contributed by atoms with van der Waals surface area (Å²) < 4.78 is 0. The molecule has 0 amide bonds. The van der Waals surface area contributed by atoms with Crippen LogP contribution in [0.15, 0.2) is 11.3 Å². The predicted octanol–water partition coefficient (Wildman–Crippen LogP) is 2.79. The minimum Gasteiger partial charge on any atom is -0.392 e. The van der Waals surface area contributed by atoms with E-state index in [-0.39, 0.29) is 14.9 Å². The fraction of sp³-hybridized carbons (Fsp3) is 0.750. The highest BCUT2D eigenvalue weighted by Crippen LogP contribution is 1.94. The van der Waals surface area contributed by atoms with E-state index in [1.54, 1.807) is 0 Å². The van der Waals surface area contributed by atoms with Crippen LogP contribution in [-0.2, 0) is 0 Å². The zero-order chi connectivity index (χ0) is 5.86. The highest BCUT2D eigenvalue weighted by atomic mass is 14.8. The van der Waals surface area contributed by atoms with Crippen LogP contribution in [0, 0.1) is 0 Å². The third-order valence-corrected chi connectivity index (χ3v) is 1.12. The van der Waals surface area contributed by atoms with Gasteiger partial charge in [-0.1, -0.05) is 20.4 Å². The summed E-state index contributed by atoms with van der Waals surface area (Å²) in [5.74, 6) is 0. The first-order valence-corrected chi connectivity index (χ1v) is 2.50. The van der Waals surface area contributed by atoms with Crippen molar-refractivity contribution in [1.29, 1.82) is 0 Å². The van der Waals surface area contributed by atoms with Gasteiger partial charge >= 0.3 is 0 Å². The van der Waals surface area contributed by atoms with Crippen molar-refractivity contribution in [2.75, 3.05) is 7.05 Å². The lowest BCUT2D eigenvalue weighted by atomic mass is 10.3. The van der Waals surface area contributed by atoms with Gasteiger partial charge in [-0.2, -0.15) is 0 Å². The van der Waals surface area contributed by atoms with Gasteiger partial charge in [0.1, 0.15) is 0 Å². The van der Waals surface area contributed by atoms with Crippen molar-refractivity contribution < 1.29 is 0 Å². The van der Waals surface area contributed by atoms with Gasteiger partial charge in [-0.3, -0.25) is 0 Å². The fourth-order valence-corrected chi connectivity index (χ4v) is 0.250. The van der Waals surface area contributed by atoms with E-state index in [1.807, 2.05) is 7.05 Å². The summed E-state index contributed by atoms with van der Waals surface area (Å²) in [4.78, 5) is 0. The molecule has 9 heavy (non-hydrogen) atoms. The van der Waals surface area contributed by atoms with Crippen molar-refractivity contribution in [3.05, 3.63) is 11.3 Å². The molecule has 0 heterocycles. The molecule has 0 bridgehead atoms. The second-order valence-electron chi connectivity index (χ2n) is 1.88. The lowest BCUT2D eigenvalue weighted by molar-refractivity contribution is 0.957. The molecule has 0 atom stereocenters. The number of hydrogen-bond acceptors (Lipinski definition) is 1. The van der Waals surface area contributed by atoms with Gasteiger partial charge in [0.25, 0.3) is 0 Å². The molecule has 1 heteroatoms. The summed E-state index contributed by atoms with van der Waals surface area (Å²) in [5.41, 5.74) is 2.61. The second-order valence-corrected chi connectivity index (χ2v) is 1.88. The van der Waals surface area contributed by atoms with Gasteiger partial charge in [-0.25, -0.2) is 0 Å². The van der Waals surface area contributed by atoms with Gasteiger partial charge in [-0.15, -0.1) is 0 Å². The normalized spacial score (nSPS) is 6.22. The molecule has 0 saturated heterocycles. The fourth-order valence-electron chi connectivity index (χ4n) is 0.250. The van der Waals surface area contributed by atoms with Crippen molar-refractivity contribution in [1.82, 2.24) is 5.32 Å². The van der Waals surface area contributed by atoms with Crippen molar-refractivity contribution in [3.63, 3.8) is 0 Å². The average Bonchev–Trinajstić information content (AvgIpc) is 1.65. The van der Waals surface area contributed by atoms with Gasteiger partial charge in [0.05, 0.1) is 0 Å². The topological polar surface area (TPSA) is 12.0 Å². The van der Waals surface area contributed by atoms with E-state index in [1.165, 1.54) is 11.3 Å². The highest BCUT2D eigenvalue weighted by Gasteiger charge is 1.81. The molecule has 0 aliphatic rings. The zero-order valence-corrected chi connectivity index (χ0v) is 5.50. The van der Waals surface area contributed by atoms with Crippen LogP contribution in [0.2, 0.25) is 0 Å². The third-order valence-electron chi connectivity index (χ3n) is 1.12. The van der Waals surface area contributed by atoms with Gasteiger partial charge in [0.15, 0.2) is 0 Å². The zero-order valence-electron chi connectivity index (χ0n) is 5.50. The molecule has 0 saturated carbocycles. The number of hydrogen-bond donors (Lipinski definition) is 1. The maximum Gasteiger partial charge on any atom is 0.00587 e. The average molecular weight is 131 g/mol. The minimum absolute atomic E-state index is 0. The summed E-state index contributed by atoms with van der Waals surface area (Å²) in [7, 11) is 1.93. The largest absolute Gasteiger partial charge is 0.392 e. The Balaban J connectivity index is -0.000000180. The van der Waals surface area contributed by atoms with E-state index < -0.39 is 0 Å². The first-order chi connectivity index (χ1) is 3.18. The van der Waals surface area contributed by atoms with Crippen LogP contribution >= 0.6 is 0 Å². The molecule has 0 aliphatic carbocycles. The predicted molar refractivity (Wildman–Crippen MR) is 46.6 cm³/mol. The molecular formula is C8H21N. The molecule has 1 N–H and O–H groups in total. The van der Waals surface area contributed by atoms with E-state index in [4.69, 9.17) is 0 Å². The van der Waals surface area contributed by atoms with E-state index in [2.05, 4.69) is 26.1 Å². The van der Waals surface area contributed by atoms with Gasteiger partial charge in [-0.05, 0) is 20.8 Å². The summed E-state index contributed by atoms with van der Waals surface area (Å²) in [5, 5.41) is 3.04. The van der Waals surface area contributed by atoms with Crippen LogP contribution in [0.5, 0.6) is 0 Å². The second kappa shape index (κ2) is 7.54. The van der Waals surface area contributed by atoms with Crippen molar-refractivity contribution in [2.45, 2.75) is 35.6 Å². The molecule has 0 aromatic heterocycles. The van der Waals surface area contributed by atoms with E-state index in [0.717, 1.165) is 0 Å². The van der Waals surface area contributed by atoms with Crippen LogP contribution in [-0.4, -0.2) is 7.05 Å². The standard InChI is InChI=1S/C6H13N.2CH4/c1-5(2)6(3)7-4;;/h7H,1-4H3;2*1H4. The maximum absolute atomic E-state index is 3.04. The Hall–Kier alpha value is -0.460. The third kappa shape index (κ3) is 7.54. The molecule has 1 nitrogen and oxygen atoms in total. The molecule has 0 aliphatic heterocycles. The minimum atomic E-state index is 0. The van der Waals surface area contributed by atoms with Crippen LogP contribution < -0.4 is 5.32 Å². The van der Waals surface area contributed by atoms with E-state index in [9.17, 15) is 0 Å². The molecule has 0 aromatic rings. The van der Waals surface area contributed by atoms with Crippen LogP contribution in [0.1, 0.15) is 35.6 Å². The molecule has 0 radical (unpaired) electrons. The molecule has 0 rings (SSSR count). The number of rotatable bonds is 1. The van der Waals surface area contributed by atoms with Gasteiger partial charge < -0.3 is 5.32 Å². The van der Waals surface area contributed by atoms with E-state index in [0.29, 0.717) is 0 Å². The Morgan fingerprint density at radius 1 is 1.00 bits per heavy atom. The van der Waals surface area contributed by atoms with Crippen molar-refractivity contribution in [2.24, 2.45) is 0 Å². The Bertz CT molecular complexity index is 78.6. The Labute approximate surface area is 60.2 Å². The maximum atomic E-state index is 3.04. The summed E-state index contributed by atoms with van der Waals surface area (Å²) in [6.07, 6.45) is 0. The Morgan fingerprint density at radius 2 is 1.33 bits per heavy atom. The molecule has 0 unspecified atom stereocenters. The van der Waals surface area contributed by atoms with Crippen LogP contribution in [0.3, 0.4) is 0 Å². The molecule has 58 valence electrons. The first kappa shape index (κ1) is 15.8. The summed E-state index contributed by atoms with van der Waals surface area (Å²) in [6.45, 7) is 6.24. The lowest BCUT2D eigenvalue weighted by Gasteiger charge is -1.98. The van der Waals surface area contributed by atoms with Crippen molar-refractivity contribution >= 4 is 0 Å². The summed E-state index contributed by atoms with van der Waals surface area (Å²) >= 11 is 0. The smallest absolute Gasteiger partial charge is 0.00587 e. The van der Waals surface area contributed by atoms with Crippen LogP contribution in [0.25, 0.3) is 0 Å². The molecule has 0 fully saturated rings.